The number of aromatic nitrogens is 2. The molecule has 1 aromatic heterocycles. The summed E-state index contributed by atoms with van der Waals surface area (Å²) in [4.78, 5) is 18.6. The normalized spacial score (nSPS) is 10.8. The summed E-state index contributed by atoms with van der Waals surface area (Å²) in [5, 5.41) is -0.00985. The van der Waals surface area contributed by atoms with Gasteiger partial charge in [-0.15, -0.1) is 0 Å². The lowest BCUT2D eigenvalue weighted by molar-refractivity contribution is -0.142. The van der Waals surface area contributed by atoms with Crippen LogP contribution >= 0.6 is 11.6 Å². The number of halogens is 3. The predicted molar refractivity (Wildman–Crippen MR) is 128 cm³/mol. The van der Waals surface area contributed by atoms with Crippen molar-refractivity contribution in [3.63, 3.8) is 0 Å². The fourth-order valence-corrected chi connectivity index (χ4v) is 4.57. The molecule has 0 radical (unpaired) electrons. The van der Waals surface area contributed by atoms with Gasteiger partial charge in [-0.3, -0.25) is 9.52 Å². The number of ether oxygens (including phenoxy) is 2. The molecule has 1 heterocycles. The number of aryl methyl sites for hydroxylation is 1. The number of benzene rings is 2. The highest BCUT2D eigenvalue weighted by molar-refractivity contribution is 7.92. The molecule has 188 valence electrons. The summed E-state index contributed by atoms with van der Waals surface area (Å²) >= 11 is 6.05. The quantitative estimate of drug-likeness (QED) is 0.361. The lowest BCUT2D eigenvalue weighted by atomic mass is 10.1. The van der Waals surface area contributed by atoms with Crippen molar-refractivity contribution in [2.45, 2.75) is 25.3 Å². The summed E-state index contributed by atoms with van der Waals surface area (Å²) in [7, 11) is -3.31. The standard InChI is InChI=1S/C23H19ClF2N4O5S/c1-12-23(27)28-10-16(29-12)4-5-17-18(25)6-7-19(21(17)26)30-36(32,33)20-9-15(24)8-14(22(20)34-3)11-35-13(2)31/h6-10,30H,11H2,1-3H3,(H2,27,28). The number of nitrogens with one attached hydrogen (secondary N) is 1. The Morgan fingerprint density at radius 1 is 1.25 bits per heavy atom. The molecule has 0 spiro atoms. The molecule has 0 bridgehead atoms. The van der Waals surface area contributed by atoms with Crippen molar-refractivity contribution < 1.29 is 31.5 Å². The van der Waals surface area contributed by atoms with Gasteiger partial charge in [0.1, 0.15) is 34.6 Å². The lowest BCUT2D eigenvalue weighted by Crippen LogP contribution is -2.17. The van der Waals surface area contributed by atoms with Gasteiger partial charge in [-0.05, 0) is 37.1 Å². The third kappa shape index (κ3) is 5.99. The minimum atomic E-state index is -4.52. The third-order valence-corrected chi connectivity index (χ3v) is 6.25. The first kappa shape index (κ1) is 26.7. The van der Waals surface area contributed by atoms with Crippen LogP contribution in [0.5, 0.6) is 5.75 Å². The van der Waals surface area contributed by atoms with Crippen LogP contribution in [0.4, 0.5) is 20.3 Å². The second kappa shape index (κ2) is 10.8. The molecular weight excluding hydrogens is 518 g/mol. The van der Waals surface area contributed by atoms with Gasteiger partial charge in [0, 0.05) is 17.5 Å². The molecule has 0 aliphatic rings. The van der Waals surface area contributed by atoms with Crippen LogP contribution < -0.4 is 15.2 Å². The average molecular weight is 537 g/mol. The zero-order valence-electron chi connectivity index (χ0n) is 19.1. The van der Waals surface area contributed by atoms with E-state index in [9.17, 15) is 17.6 Å². The molecule has 0 aliphatic heterocycles. The first-order valence-electron chi connectivity index (χ1n) is 10.0. The van der Waals surface area contributed by atoms with Gasteiger partial charge in [0.05, 0.1) is 30.3 Å². The average Bonchev–Trinajstić information content (AvgIpc) is 2.81. The topological polar surface area (TPSA) is 134 Å². The third-order valence-electron chi connectivity index (χ3n) is 4.66. The molecule has 0 saturated heterocycles. The number of hydrogen-bond acceptors (Lipinski definition) is 8. The van der Waals surface area contributed by atoms with Crippen LogP contribution in [0.25, 0.3) is 0 Å². The molecule has 36 heavy (non-hydrogen) atoms. The Bertz CT molecular complexity index is 1520. The Hall–Kier alpha value is -3.95. The second-order valence-corrected chi connectivity index (χ2v) is 9.33. The van der Waals surface area contributed by atoms with Gasteiger partial charge >= 0.3 is 5.97 Å². The van der Waals surface area contributed by atoms with Gasteiger partial charge in [0.15, 0.2) is 5.82 Å². The van der Waals surface area contributed by atoms with Gasteiger partial charge in [-0.1, -0.05) is 17.5 Å². The minimum Gasteiger partial charge on any atom is -0.495 e. The summed E-state index contributed by atoms with van der Waals surface area (Å²) in [5.41, 5.74) is 4.97. The van der Waals surface area contributed by atoms with Crippen molar-refractivity contribution in [2.75, 3.05) is 17.6 Å². The molecule has 0 aliphatic carbocycles. The van der Waals surface area contributed by atoms with Crippen molar-refractivity contribution in [2.24, 2.45) is 0 Å². The van der Waals surface area contributed by atoms with Crippen molar-refractivity contribution >= 4 is 39.1 Å². The summed E-state index contributed by atoms with van der Waals surface area (Å²) in [6.07, 6.45) is 1.23. The zero-order valence-corrected chi connectivity index (χ0v) is 20.7. The highest BCUT2D eigenvalue weighted by Gasteiger charge is 2.26. The van der Waals surface area contributed by atoms with Gasteiger partial charge in [0.2, 0.25) is 0 Å². The van der Waals surface area contributed by atoms with Gasteiger partial charge in [-0.25, -0.2) is 27.2 Å². The van der Waals surface area contributed by atoms with Gasteiger partial charge in [0.25, 0.3) is 10.0 Å². The number of nitrogens with two attached hydrogens (primary N) is 1. The Kier molecular flexibility index (Phi) is 7.96. The van der Waals surface area contributed by atoms with Crippen LogP contribution in [0.3, 0.4) is 0 Å². The lowest BCUT2D eigenvalue weighted by Gasteiger charge is -2.16. The van der Waals surface area contributed by atoms with E-state index in [1.54, 1.807) is 6.92 Å². The van der Waals surface area contributed by atoms with E-state index in [0.29, 0.717) is 5.69 Å². The number of methoxy groups -OCH3 is 1. The van der Waals surface area contributed by atoms with Crippen LogP contribution in [0.15, 0.2) is 35.4 Å². The Morgan fingerprint density at radius 3 is 2.61 bits per heavy atom. The molecule has 0 saturated carbocycles. The minimum absolute atomic E-state index is 0.00985. The predicted octanol–water partition coefficient (Wildman–Crippen LogP) is 3.57. The fourth-order valence-electron chi connectivity index (χ4n) is 2.96. The maximum atomic E-state index is 15.1. The first-order chi connectivity index (χ1) is 16.9. The van der Waals surface area contributed by atoms with Gasteiger partial charge < -0.3 is 15.2 Å². The fraction of sp³-hybridized carbons (Fsp3) is 0.174. The Morgan fingerprint density at radius 2 is 1.97 bits per heavy atom. The largest absolute Gasteiger partial charge is 0.495 e. The second-order valence-electron chi connectivity index (χ2n) is 7.24. The van der Waals surface area contributed by atoms with E-state index in [1.165, 1.54) is 26.3 Å². The number of carbonyl (C=O) groups excluding carboxylic acids is 1. The van der Waals surface area contributed by atoms with Crippen LogP contribution in [0.2, 0.25) is 5.02 Å². The summed E-state index contributed by atoms with van der Waals surface area (Å²) in [6.45, 7) is 2.45. The van der Waals surface area contributed by atoms with Crippen LogP contribution in [-0.2, 0) is 26.2 Å². The van der Waals surface area contributed by atoms with E-state index in [0.717, 1.165) is 18.2 Å². The summed E-state index contributed by atoms with van der Waals surface area (Å²) in [5.74, 6) is 1.90. The van der Waals surface area contributed by atoms with E-state index in [-0.39, 0.29) is 34.5 Å². The van der Waals surface area contributed by atoms with Crippen LogP contribution in [-0.4, -0.2) is 31.5 Å². The maximum Gasteiger partial charge on any atom is 0.302 e. The molecule has 2 aromatic carbocycles. The molecule has 9 nitrogen and oxygen atoms in total. The molecule has 13 heteroatoms. The number of nitrogen functional groups attached to an aromatic ring is 1. The Labute approximate surface area is 210 Å². The molecule has 0 amide bonds. The monoisotopic (exact) mass is 536 g/mol. The number of esters is 1. The summed E-state index contributed by atoms with van der Waals surface area (Å²) < 4.78 is 67.9. The molecular formula is C23H19ClF2N4O5S. The number of nitrogens with zero attached hydrogens (tertiary/aromatic N) is 2. The SMILES string of the molecule is COc1c(COC(C)=O)cc(Cl)cc1S(=O)(=O)Nc1ccc(F)c(C#Cc2cnc(N)c(C)n2)c1F. The number of hydrogen-bond donors (Lipinski definition) is 2. The van der Waals surface area contributed by atoms with E-state index < -0.39 is 43.8 Å². The van der Waals surface area contributed by atoms with E-state index in [4.69, 9.17) is 26.8 Å². The highest BCUT2D eigenvalue weighted by Crippen LogP contribution is 2.34. The molecule has 0 unspecified atom stereocenters. The number of anilines is 2. The molecule has 3 aromatic rings. The van der Waals surface area contributed by atoms with Crippen molar-refractivity contribution in [3.8, 4) is 17.6 Å². The van der Waals surface area contributed by atoms with Gasteiger partial charge in [-0.2, -0.15) is 0 Å². The number of rotatable bonds is 6. The van der Waals surface area contributed by atoms with Crippen LogP contribution in [0.1, 0.15) is 29.4 Å². The van der Waals surface area contributed by atoms with E-state index >= 15 is 4.39 Å². The van der Waals surface area contributed by atoms with E-state index in [1.807, 2.05) is 0 Å². The Balaban J connectivity index is 2.02. The summed E-state index contributed by atoms with van der Waals surface area (Å²) in [6, 6.07) is 4.18. The smallest absolute Gasteiger partial charge is 0.302 e. The molecule has 3 N–H and O–H groups in total. The highest BCUT2D eigenvalue weighted by atomic mass is 35.5. The first-order valence-corrected chi connectivity index (χ1v) is 11.9. The number of sulfonamides is 1. The van der Waals surface area contributed by atoms with Crippen molar-refractivity contribution in [1.82, 2.24) is 9.97 Å². The van der Waals surface area contributed by atoms with Crippen molar-refractivity contribution in [3.05, 3.63) is 69.6 Å². The zero-order chi connectivity index (χ0) is 26.6. The van der Waals surface area contributed by atoms with E-state index in [2.05, 4.69) is 26.5 Å². The number of carbonyl (C=O) groups is 1. The van der Waals surface area contributed by atoms with Crippen LogP contribution in [0, 0.1) is 30.4 Å². The maximum absolute atomic E-state index is 15.1. The molecule has 0 fully saturated rings. The molecule has 3 rings (SSSR count). The van der Waals surface area contributed by atoms with Crippen molar-refractivity contribution in [1.29, 1.82) is 0 Å². The molecule has 0 atom stereocenters.